The van der Waals surface area contributed by atoms with Gasteiger partial charge in [0.15, 0.2) is 5.65 Å². The SMILES string of the molecule is N#Cc1cccc(Oc2c[nH]c3c(C#N)c(C4(c5ccc(Cl)cc5)CC4)nn3c2=O)c1. The Morgan fingerprint density at radius 3 is 2.58 bits per heavy atom. The molecule has 1 fully saturated rings. The van der Waals surface area contributed by atoms with Crippen LogP contribution in [0.25, 0.3) is 5.65 Å². The van der Waals surface area contributed by atoms with Gasteiger partial charge in [-0.25, -0.2) is 0 Å². The minimum atomic E-state index is -0.495. The van der Waals surface area contributed by atoms with Gasteiger partial charge < -0.3 is 9.72 Å². The first-order chi connectivity index (χ1) is 15.1. The molecule has 0 amide bonds. The third-order valence-corrected chi connectivity index (χ3v) is 5.78. The van der Waals surface area contributed by atoms with E-state index in [1.165, 1.54) is 10.7 Å². The molecular weight excluding hydrogens is 414 g/mol. The predicted octanol–water partition coefficient (Wildman–Crippen LogP) is 4.29. The van der Waals surface area contributed by atoms with Crippen molar-refractivity contribution in [1.82, 2.24) is 14.6 Å². The molecule has 7 nitrogen and oxygen atoms in total. The fourth-order valence-electron chi connectivity index (χ4n) is 3.82. The molecule has 0 aliphatic heterocycles. The van der Waals surface area contributed by atoms with Crippen LogP contribution < -0.4 is 10.3 Å². The number of rotatable bonds is 4. The summed E-state index contributed by atoms with van der Waals surface area (Å²) in [6.45, 7) is 0. The van der Waals surface area contributed by atoms with E-state index >= 15 is 0 Å². The van der Waals surface area contributed by atoms with Gasteiger partial charge in [-0.2, -0.15) is 20.1 Å². The van der Waals surface area contributed by atoms with Gasteiger partial charge >= 0.3 is 5.56 Å². The van der Waals surface area contributed by atoms with Crippen LogP contribution in [0.15, 0.2) is 59.5 Å². The molecule has 2 aromatic heterocycles. The Labute approximate surface area is 181 Å². The Morgan fingerprint density at radius 2 is 1.90 bits per heavy atom. The smallest absolute Gasteiger partial charge is 0.317 e. The quantitative estimate of drug-likeness (QED) is 0.522. The van der Waals surface area contributed by atoms with Gasteiger partial charge in [-0.3, -0.25) is 4.79 Å². The Kier molecular flexibility index (Phi) is 4.28. The molecule has 0 spiro atoms. The molecule has 0 saturated heterocycles. The van der Waals surface area contributed by atoms with Gasteiger partial charge in [-0.15, -0.1) is 0 Å². The monoisotopic (exact) mass is 427 g/mol. The number of aromatic amines is 1. The van der Waals surface area contributed by atoms with Crippen LogP contribution in [-0.4, -0.2) is 14.6 Å². The third kappa shape index (κ3) is 3.04. The van der Waals surface area contributed by atoms with Gasteiger partial charge in [-0.1, -0.05) is 29.8 Å². The first-order valence-corrected chi connectivity index (χ1v) is 9.92. The van der Waals surface area contributed by atoms with Crippen LogP contribution in [-0.2, 0) is 5.41 Å². The van der Waals surface area contributed by atoms with Crippen LogP contribution in [0.5, 0.6) is 11.5 Å². The molecular formula is C23H14ClN5O2. The first-order valence-electron chi connectivity index (χ1n) is 9.55. The number of hydrogen-bond acceptors (Lipinski definition) is 5. The highest BCUT2D eigenvalue weighted by atomic mass is 35.5. The number of halogens is 1. The van der Waals surface area contributed by atoms with Crippen molar-refractivity contribution in [1.29, 1.82) is 10.5 Å². The molecule has 8 heteroatoms. The van der Waals surface area contributed by atoms with E-state index in [9.17, 15) is 10.1 Å². The molecule has 1 aliphatic rings. The minimum Gasteiger partial charge on any atom is -0.450 e. The molecule has 1 aliphatic carbocycles. The van der Waals surface area contributed by atoms with Crippen LogP contribution in [0.2, 0.25) is 5.02 Å². The molecule has 4 aromatic rings. The second-order valence-corrected chi connectivity index (χ2v) is 7.82. The minimum absolute atomic E-state index is 0.0115. The molecule has 0 unspecified atom stereocenters. The van der Waals surface area contributed by atoms with Crippen molar-refractivity contribution in [3.8, 4) is 23.6 Å². The van der Waals surface area contributed by atoms with Crippen LogP contribution in [0.3, 0.4) is 0 Å². The third-order valence-electron chi connectivity index (χ3n) is 5.53. The number of fused-ring (bicyclic) bond motifs is 1. The average molecular weight is 428 g/mol. The van der Waals surface area contributed by atoms with Crippen molar-refractivity contribution in [2.45, 2.75) is 18.3 Å². The zero-order valence-corrected chi connectivity index (χ0v) is 16.8. The van der Waals surface area contributed by atoms with Gasteiger partial charge in [0.25, 0.3) is 0 Å². The van der Waals surface area contributed by atoms with Crippen LogP contribution in [0, 0.1) is 22.7 Å². The lowest BCUT2D eigenvalue weighted by atomic mass is 9.90. The van der Waals surface area contributed by atoms with Crippen molar-refractivity contribution >= 4 is 17.2 Å². The fourth-order valence-corrected chi connectivity index (χ4v) is 3.95. The van der Waals surface area contributed by atoms with E-state index in [1.54, 1.807) is 24.3 Å². The molecule has 0 bridgehead atoms. The Hall–Kier alpha value is -4.07. The summed E-state index contributed by atoms with van der Waals surface area (Å²) < 4.78 is 6.86. The molecule has 2 aromatic carbocycles. The van der Waals surface area contributed by atoms with E-state index < -0.39 is 11.0 Å². The number of nitrogens with zero attached hydrogens (tertiary/aromatic N) is 4. The largest absolute Gasteiger partial charge is 0.450 e. The summed E-state index contributed by atoms with van der Waals surface area (Å²) in [6, 6.07) is 18.2. The maximum Gasteiger partial charge on any atom is 0.317 e. The van der Waals surface area contributed by atoms with Gasteiger partial charge in [0.2, 0.25) is 5.75 Å². The second-order valence-electron chi connectivity index (χ2n) is 7.38. The number of nitrogens with one attached hydrogen (secondary N) is 1. The summed E-state index contributed by atoms with van der Waals surface area (Å²) in [5.74, 6) is 0.370. The second kappa shape index (κ2) is 7.02. The van der Waals surface area contributed by atoms with E-state index in [0.717, 1.165) is 18.4 Å². The van der Waals surface area contributed by atoms with E-state index in [-0.39, 0.29) is 5.75 Å². The normalized spacial score (nSPS) is 14.0. The molecule has 0 atom stereocenters. The number of aromatic nitrogens is 3. The Balaban J connectivity index is 1.62. The fraction of sp³-hybridized carbons (Fsp3) is 0.130. The standard InChI is InChI=1S/C23H14ClN5O2/c24-16-6-4-15(5-7-16)23(8-9-23)20-18(12-26)21-27-13-19(22(30)29(21)28-20)31-17-3-1-2-14(10-17)11-25/h1-7,10,13,27H,8-9H2. The highest BCUT2D eigenvalue weighted by molar-refractivity contribution is 6.30. The maximum atomic E-state index is 13.1. The van der Waals surface area contributed by atoms with Crippen molar-refractivity contribution in [3.63, 3.8) is 0 Å². The maximum absolute atomic E-state index is 13.1. The van der Waals surface area contributed by atoms with E-state index in [0.29, 0.717) is 33.2 Å². The van der Waals surface area contributed by atoms with Gasteiger partial charge in [0, 0.05) is 10.4 Å². The van der Waals surface area contributed by atoms with Crippen LogP contribution >= 0.6 is 11.6 Å². The first kappa shape index (κ1) is 18.9. The summed E-state index contributed by atoms with van der Waals surface area (Å²) >= 11 is 6.02. The molecule has 150 valence electrons. The van der Waals surface area contributed by atoms with E-state index in [4.69, 9.17) is 21.6 Å². The van der Waals surface area contributed by atoms with Crippen molar-refractivity contribution in [3.05, 3.63) is 92.5 Å². The molecule has 0 radical (unpaired) electrons. The van der Waals surface area contributed by atoms with Crippen molar-refractivity contribution in [2.75, 3.05) is 0 Å². The van der Waals surface area contributed by atoms with Crippen molar-refractivity contribution < 1.29 is 4.74 Å². The van der Waals surface area contributed by atoms with Crippen LogP contribution in [0.4, 0.5) is 0 Å². The number of benzene rings is 2. The Bertz CT molecular complexity index is 1470. The molecule has 2 heterocycles. The number of H-pyrrole nitrogens is 1. The lowest BCUT2D eigenvalue weighted by Crippen LogP contribution is -2.17. The number of ether oxygens (including phenoxy) is 1. The summed E-state index contributed by atoms with van der Waals surface area (Å²) in [7, 11) is 0. The van der Waals surface area contributed by atoms with E-state index in [2.05, 4.69) is 16.2 Å². The van der Waals surface area contributed by atoms with Crippen molar-refractivity contribution in [2.24, 2.45) is 0 Å². The highest BCUT2D eigenvalue weighted by Crippen LogP contribution is 2.54. The summed E-state index contributed by atoms with van der Waals surface area (Å²) in [5.41, 5.74) is 1.74. The van der Waals surface area contributed by atoms with Crippen LogP contribution in [0.1, 0.15) is 35.2 Å². The molecule has 1 N–H and O–H groups in total. The summed E-state index contributed by atoms with van der Waals surface area (Å²) in [4.78, 5) is 16.0. The predicted molar refractivity (Wildman–Crippen MR) is 113 cm³/mol. The topological polar surface area (TPSA) is 107 Å². The lowest BCUT2D eigenvalue weighted by Gasteiger charge is -2.13. The van der Waals surface area contributed by atoms with Gasteiger partial charge in [-0.05, 0) is 48.7 Å². The zero-order valence-electron chi connectivity index (χ0n) is 16.1. The molecule has 1 saturated carbocycles. The zero-order chi connectivity index (χ0) is 21.6. The molecule has 31 heavy (non-hydrogen) atoms. The van der Waals surface area contributed by atoms with Gasteiger partial charge in [0.05, 0.1) is 23.5 Å². The number of nitriles is 2. The summed E-state index contributed by atoms with van der Waals surface area (Å²) in [6.07, 6.45) is 3.06. The number of hydrogen-bond donors (Lipinski definition) is 1. The Morgan fingerprint density at radius 1 is 1.13 bits per heavy atom. The summed E-state index contributed by atoms with van der Waals surface area (Å²) in [5, 5.41) is 24.1. The van der Waals surface area contributed by atoms with Gasteiger partial charge in [0.1, 0.15) is 17.4 Å². The average Bonchev–Trinajstić information content (AvgIpc) is 3.50. The highest BCUT2D eigenvalue weighted by Gasteiger charge is 2.50. The van der Waals surface area contributed by atoms with E-state index in [1.807, 2.05) is 30.3 Å². The molecule has 5 rings (SSSR count). The lowest BCUT2D eigenvalue weighted by molar-refractivity contribution is 0.469.